The van der Waals surface area contributed by atoms with E-state index in [1.165, 1.54) is 0 Å². The Morgan fingerprint density at radius 1 is 1.80 bits per heavy atom. The molecule has 1 atom stereocenters. The number of rotatable bonds is 2. The highest BCUT2D eigenvalue weighted by Gasteiger charge is 2.02. The quantitative estimate of drug-likeness (QED) is 0.617. The summed E-state index contributed by atoms with van der Waals surface area (Å²) in [6.07, 6.45) is 1.95. The average molecular weight is 141 g/mol. The van der Waals surface area contributed by atoms with E-state index in [1.54, 1.807) is 17.8 Å². The lowest BCUT2D eigenvalue weighted by Gasteiger charge is -2.01. The fraction of sp³-hybridized carbons (Fsp3) is 0.667. The third-order valence-corrected chi connectivity index (χ3v) is 1.31. The molecule has 4 heteroatoms. The minimum absolute atomic E-state index is 0.322. The number of hydrogen-bond acceptors (Lipinski definition) is 3. The molecule has 1 rings (SSSR count). The van der Waals surface area contributed by atoms with Gasteiger partial charge in [0.1, 0.15) is 0 Å². The van der Waals surface area contributed by atoms with Gasteiger partial charge in [-0.1, -0.05) is 5.21 Å². The van der Waals surface area contributed by atoms with Gasteiger partial charge in [-0.15, -0.1) is 5.10 Å². The second kappa shape index (κ2) is 2.79. The molecule has 0 amide bonds. The summed E-state index contributed by atoms with van der Waals surface area (Å²) in [5.74, 6) is 0. The molecule has 1 aromatic heterocycles. The molecule has 0 bridgehead atoms. The first-order chi connectivity index (χ1) is 4.70. The third kappa shape index (κ3) is 1.54. The SMILES string of the molecule is C[C@H](O)Cc1cnnn1C. The molecular formula is C6H11N3O. The minimum Gasteiger partial charge on any atom is -0.393 e. The van der Waals surface area contributed by atoms with Crippen LogP contribution in [-0.2, 0) is 13.5 Å². The van der Waals surface area contributed by atoms with Crippen LogP contribution in [0.5, 0.6) is 0 Å². The molecule has 0 unspecified atom stereocenters. The number of aryl methyl sites for hydroxylation is 1. The molecule has 1 N–H and O–H groups in total. The number of hydrogen-bond donors (Lipinski definition) is 1. The molecule has 0 saturated carbocycles. The summed E-state index contributed by atoms with van der Waals surface area (Å²) in [5.41, 5.74) is 0.954. The number of aliphatic hydroxyl groups is 1. The van der Waals surface area contributed by atoms with Crippen LogP contribution in [0.2, 0.25) is 0 Å². The predicted molar refractivity (Wildman–Crippen MR) is 36.4 cm³/mol. The lowest BCUT2D eigenvalue weighted by atomic mass is 10.2. The van der Waals surface area contributed by atoms with Gasteiger partial charge in [0, 0.05) is 13.5 Å². The van der Waals surface area contributed by atoms with Crippen LogP contribution < -0.4 is 0 Å². The highest BCUT2D eigenvalue weighted by Crippen LogP contribution is 1.97. The van der Waals surface area contributed by atoms with Crippen molar-refractivity contribution in [1.29, 1.82) is 0 Å². The number of aromatic nitrogens is 3. The number of aliphatic hydroxyl groups excluding tert-OH is 1. The molecule has 0 aliphatic rings. The zero-order valence-electron chi connectivity index (χ0n) is 6.15. The smallest absolute Gasteiger partial charge is 0.0725 e. The van der Waals surface area contributed by atoms with Crippen LogP contribution in [0.25, 0.3) is 0 Å². The van der Waals surface area contributed by atoms with Gasteiger partial charge in [-0.25, -0.2) is 0 Å². The molecule has 0 radical (unpaired) electrons. The van der Waals surface area contributed by atoms with Gasteiger partial charge in [0.2, 0.25) is 0 Å². The van der Waals surface area contributed by atoms with Gasteiger partial charge >= 0.3 is 0 Å². The summed E-state index contributed by atoms with van der Waals surface area (Å²) < 4.78 is 1.66. The Morgan fingerprint density at radius 3 is 2.90 bits per heavy atom. The van der Waals surface area contributed by atoms with Crippen molar-refractivity contribution in [2.75, 3.05) is 0 Å². The fourth-order valence-corrected chi connectivity index (χ4v) is 0.798. The molecule has 0 fully saturated rings. The third-order valence-electron chi connectivity index (χ3n) is 1.31. The van der Waals surface area contributed by atoms with Crippen molar-refractivity contribution in [3.63, 3.8) is 0 Å². The maximum atomic E-state index is 8.98. The monoisotopic (exact) mass is 141 g/mol. The van der Waals surface area contributed by atoms with E-state index in [-0.39, 0.29) is 6.10 Å². The van der Waals surface area contributed by atoms with Crippen LogP contribution in [-0.4, -0.2) is 26.2 Å². The van der Waals surface area contributed by atoms with E-state index in [2.05, 4.69) is 10.3 Å². The van der Waals surface area contributed by atoms with E-state index >= 15 is 0 Å². The van der Waals surface area contributed by atoms with Crippen molar-refractivity contribution >= 4 is 0 Å². The molecule has 0 saturated heterocycles. The van der Waals surface area contributed by atoms with Gasteiger partial charge in [0.15, 0.2) is 0 Å². The maximum absolute atomic E-state index is 8.98. The molecule has 0 aromatic carbocycles. The summed E-state index contributed by atoms with van der Waals surface area (Å²) in [7, 11) is 1.81. The largest absolute Gasteiger partial charge is 0.393 e. The van der Waals surface area contributed by atoms with Crippen molar-refractivity contribution in [3.8, 4) is 0 Å². The van der Waals surface area contributed by atoms with E-state index in [0.717, 1.165) is 5.69 Å². The highest BCUT2D eigenvalue weighted by atomic mass is 16.3. The average Bonchev–Trinajstić information content (AvgIpc) is 2.15. The molecular weight excluding hydrogens is 130 g/mol. The lowest BCUT2D eigenvalue weighted by Crippen LogP contribution is -2.08. The van der Waals surface area contributed by atoms with E-state index in [4.69, 9.17) is 5.11 Å². The minimum atomic E-state index is -0.322. The van der Waals surface area contributed by atoms with Gasteiger partial charge in [0.05, 0.1) is 18.0 Å². The van der Waals surface area contributed by atoms with Crippen molar-refractivity contribution in [1.82, 2.24) is 15.0 Å². The van der Waals surface area contributed by atoms with Crippen molar-refractivity contribution in [2.24, 2.45) is 7.05 Å². The summed E-state index contributed by atoms with van der Waals surface area (Å²) in [5, 5.41) is 16.4. The second-order valence-electron chi connectivity index (χ2n) is 2.40. The Bertz CT molecular complexity index is 207. The molecule has 0 aliphatic carbocycles. The Morgan fingerprint density at radius 2 is 2.50 bits per heavy atom. The van der Waals surface area contributed by atoms with Crippen LogP contribution in [0.3, 0.4) is 0 Å². The van der Waals surface area contributed by atoms with Gasteiger partial charge in [-0.05, 0) is 6.92 Å². The summed E-state index contributed by atoms with van der Waals surface area (Å²) >= 11 is 0. The Labute approximate surface area is 59.5 Å². The Kier molecular flexibility index (Phi) is 2.01. The van der Waals surface area contributed by atoms with Gasteiger partial charge in [-0.3, -0.25) is 4.68 Å². The number of nitrogens with zero attached hydrogens (tertiary/aromatic N) is 3. The zero-order valence-corrected chi connectivity index (χ0v) is 6.15. The summed E-state index contributed by atoms with van der Waals surface area (Å²) in [6, 6.07) is 0. The van der Waals surface area contributed by atoms with E-state index in [1.807, 2.05) is 7.05 Å². The fourth-order valence-electron chi connectivity index (χ4n) is 0.798. The molecule has 1 aromatic rings. The first kappa shape index (κ1) is 7.21. The van der Waals surface area contributed by atoms with Crippen LogP contribution >= 0.6 is 0 Å². The second-order valence-corrected chi connectivity index (χ2v) is 2.40. The Balaban J connectivity index is 2.65. The predicted octanol–water partition coefficient (Wildman–Crippen LogP) is -0.262. The van der Waals surface area contributed by atoms with Gasteiger partial charge in [-0.2, -0.15) is 0 Å². The topological polar surface area (TPSA) is 50.9 Å². The van der Waals surface area contributed by atoms with Gasteiger partial charge in [0.25, 0.3) is 0 Å². The van der Waals surface area contributed by atoms with Crippen molar-refractivity contribution in [3.05, 3.63) is 11.9 Å². The van der Waals surface area contributed by atoms with Crippen LogP contribution in [0.4, 0.5) is 0 Å². The first-order valence-corrected chi connectivity index (χ1v) is 3.22. The molecule has 1 heterocycles. The van der Waals surface area contributed by atoms with Crippen LogP contribution in [0, 0.1) is 0 Å². The lowest BCUT2D eigenvalue weighted by molar-refractivity contribution is 0.193. The van der Waals surface area contributed by atoms with E-state index in [0.29, 0.717) is 6.42 Å². The van der Waals surface area contributed by atoms with Crippen LogP contribution in [0.15, 0.2) is 6.20 Å². The maximum Gasteiger partial charge on any atom is 0.0725 e. The molecule has 4 nitrogen and oxygen atoms in total. The highest BCUT2D eigenvalue weighted by molar-refractivity contribution is 4.94. The molecule has 0 spiro atoms. The standard InChI is InChI=1S/C6H11N3O/c1-5(10)3-6-4-7-8-9(6)2/h4-5,10H,3H2,1-2H3/t5-/m0/s1. The molecule has 10 heavy (non-hydrogen) atoms. The molecule has 0 aliphatic heterocycles. The Hall–Kier alpha value is -0.900. The van der Waals surface area contributed by atoms with E-state index in [9.17, 15) is 0 Å². The van der Waals surface area contributed by atoms with E-state index < -0.39 is 0 Å². The summed E-state index contributed by atoms with van der Waals surface area (Å²) in [4.78, 5) is 0. The normalized spacial score (nSPS) is 13.5. The van der Waals surface area contributed by atoms with Crippen molar-refractivity contribution in [2.45, 2.75) is 19.4 Å². The van der Waals surface area contributed by atoms with Crippen LogP contribution in [0.1, 0.15) is 12.6 Å². The van der Waals surface area contributed by atoms with Crippen molar-refractivity contribution < 1.29 is 5.11 Å². The first-order valence-electron chi connectivity index (χ1n) is 3.22. The zero-order chi connectivity index (χ0) is 7.56. The summed E-state index contributed by atoms with van der Waals surface area (Å²) in [6.45, 7) is 1.74. The molecule has 56 valence electrons. The van der Waals surface area contributed by atoms with Gasteiger partial charge < -0.3 is 5.11 Å².